The number of phenols is 17. The largest absolute Gasteiger partial charge is 0.504 e. The zero-order valence-corrected chi connectivity index (χ0v) is 38.6. The summed E-state index contributed by atoms with van der Waals surface area (Å²) in [4.78, 5) is 83.5. The van der Waals surface area contributed by atoms with Gasteiger partial charge in [-0.3, -0.25) is 0 Å². The number of carboxylic acids is 1. The fourth-order valence-electron chi connectivity index (χ4n) is 7.84. The predicted molar refractivity (Wildman–Crippen MR) is 245 cm³/mol. The average molecular weight is 1110 g/mol. The Morgan fingerprint density at radius 3 is 1.33 bits per heavy atom. The Morgan fingerprint density at radius 2 is 0.848 bits per heavy atom. The summed E-state index contributed by atoms with van der Waals surface area (Å²) in [6.07, 6.45) is -13.0. The molecule has 8 rings (SSSR count). The van der Waals surface area contributed by atoms with Crippen molar-refractivity contribution in [3.05, 3.63) is 88.0 Å². The summed E-state index contributed by atoms with van der Waals surface area (Å²) in [7, 11) is 0. The molecule has 1 fully saturated rings. The van der Waals surface area contributed by atoms with Crippen LogP contribution in [0, 0.1) is 0 Å². The third kappa shape index (κ3) is 9.63. The van der Waals surface area contributed by atoms with Crippen LogP contribution in [0.2, 0.25) is 0 Å². The third-order valence-corrected chi connectivity index (χ3v) is 11.7. The maximum absolute atomic E-state index is 15.0. The topological polar surface area (TPSA) is 531 Å². The van der Waals surface area contributed by atoms with Crippen LogP contribution in [-0.4, -0.2) is 165 Å². The van der Waals surface area contributed by atoms with Gasteiger partial charge in [0.25, 0.3) is 0 Å². The molecule has 2 aliphatic heterocycles. The smallest absolute Gasteiger partial charge is 0.340 e. The minimum atomic E-state index is -2.70. The Kier molecular flexibility index (Phi) is 13.6. The number of carbonyl (C=O) groups excluding carboxylic acids is 5. The Balaban J connectivity index is 1.37. The number of ether oxygens (including phenoxy) is 7. The van der Waals surface area contributed by atoms with Gasteiger partial charge >= 0.3 is 35.8 Å². The van der Waals surface area contributed by atoms with Gasteiger partial charge in [-0.2, -0.15) is 0 Å². The van der Waals surface area contributed by atoms with Gasteiger partial charge in [-0.25, -0.2) is 28.8 Å². The van der Waals surface area contributed by atoms with Gasteiger partial charge in [0.15, 0.2) is 98.5 Å². The van der Waals surface area contributed by atoms with E-state index in [1.807, 2.05) is 0 Å². The van der Waals surface area contributed by atoms with Gasteiger partial charge in [0.05, 0.1) is 27.8 Å². The molecule has 412 valence electrons. The van der Waals surface area contributed by atoms with Crippen LogP contribution in [-0.2, 0) is 28.4 Å². The first kappa shape index (κ1) is 53.8. The van der Waals surface area contributed by atoms with Gasteiger partial charge in [-0.05, 0) is 42.5 Å². The number of esters is 5. The molecule has 0 bridgehead atoms. The summed E-state index contributed by atoms with van der Waals surface area (Å²) < 4.78 is 39.1. The summed E-state index contributed by atoms with van der Waals surface area (Å²) in [6.45, 7) is -1.38. The second-order valence-electron chi connectivity index (χ2n) is 16.6. The molecule has 0 spiro atoms. The number of fused-ring (bicyclic) bond motifs is 4. The third-order valence-electron chi connectivity index (χ3n) is 11.7. The quantitative estimate of drug-likeness (QED) is 0.0562. The predicted octanol–water partition coefficient (Wildman–Crippen LogP) is 2.57. The van der Waals surface area contributed by atoms with E-state index in [9.17, 15) is 116 Å². The highest BCUT2D eigenvalue weighted by Gasteiger charge is 2.55. The molecular weight excluding hydrogens is 1070 g/mol. The molecule has 0 radical (unpaired) electrons. The molecule has 31 nitrogen and oxygen atoms in total. The van der Waals surface area contributed by atoms with Gasteiger partial charge in [0.1, 0.15) is 18.3 Å². The van der Waals surface area contributed by atoms with Crippen molar-refractivity contribution in [3.8, 4) is 120 Å². The maximum Gasteiger partial charge on any atom is 0.340 e. The number of cyclic esters (lactones) is 1. The monoisotopic (exact) mass is 1110 g/mol. The van der Waals surface area contributed by atoms with Crippen molar-refractivity contribution in [2.24, 2.45) is 0 Å². The lowest BCUT2D eigenvalue weighted by Crippen LogP contribution is -2.63. The van der Waals surface area contributed by atoms with Crippen LogP contribution in [0.3, 0.4) is 0 Å². The van der Waals surface area contributed by atoms with E-state index in [0.717, 1.165) is 0 Å². The molecular formula is C48H34O31. The van der Waals surface area contributed by atoms with E-state index in [2.05, 4.69) is 0 Å². The van der Waals surface area contributed by atoms with Gasteiger partial charge in [0, 0.05) is 23.3 Å². The molecule has 2 heterocycles. The molecule has 0 unspecified atom stereocenters. The van der Waals surface area contributed by atoms with Crippen LogP contribution in [0.1, 0.15) is 62.1 Å². The Labute approximate surface area is 434 Å². The van der Waals surface area contributed by atoms with Crippen LogP contribution in [0.25, 0.3) is 11.1 Å². The van der Waals surface area contributed by atoms with Crippen LogP contribution in [0.5, 0.6) is 109 Å². The molecule has 2 aliphatic rings. The van der Waals surface area contributed by atoms with Crippen molar-refractivity contribution in [2.75, 3.05) is 6.61 Å². The highest BCUT2D eigenvalue weighted by atomic mass is 16.7. The number of aromatic carboxylic acids is 1. The van der Waals surface area contributed by atoms with E-state index in [0.29, 0.717) is 54.6 Å². The Bertz CT molecular complexity index is 3550. The second-order valence-corrected chi connectivity index (χ2v) is 16.6. The summed E-state index contributed by atoms with van der Waals surface area (Å²) in [6, 6.07) is 3.99. The molecule has 31 heteroatoms. The summed E-state index contributed by atoms with van der Waals surface area (Å²) in [5.74, 6) is -35.9. The summed E-state index contributed by atoms with van der Waals surface area (Å²) in [5.41, 5.74) is -8.74. The number of hydrogen-bond donors (Lipinski definition) is 18. The second kappa shape index (κ2) is 20.0. The van der Waals surface area contributed by atoms with E-state index < -0.39 is 227 Å². The minimum absolute atomic E-state index is 0.314. The molecule has 0 amide bonds. The van der Waals surface area contributed by atoms with Gasteiger partial charge in [-0.15, -0.1) is 0 Å². The van der Waals surface area contributed by atoms with Crippen molar-refractivity contribution in [1.82, 2.24) is 0 Å². The Morgan fingerprint density at radius 1 is 0.443 bits per heavy atom. The zero-order chi connectivity index (χ0) is 58.0. The molecule has 6 aromatic carbocycles. The maximum atomic E-state index is 15.0. The van der Waals surface area contributed by atoms with Crippen molar-refractivity contribution in [2.45, 2.75) is 30.7 Å². The highest BCUT2D eigenvalue weighted by molar-refractivity contribution is 6.08. The standard InChI is InChI=1S/C48H34O31/c49-17-1-11(2-18(50)29(17)57)43(68)77-40-39-26(75-48(79-45(70)13-5-21(53)31(59)22(54)6-13)41(40)78-44(69)12-3-19(51)30(58)20(52)4-12)10-73-46(71)14-7-23(55)32(60)35(63)27(14)28-15(47(72)76-39)9-25(34(62)36(28)64)74-38-16(42(66)67)8-24(56)33(61)37(38)65/h1-9,26,39-41,48-65H,10H2,(H,66,67)/t26-,39-,40+,41-,48+/m1/s1. The lowest BCUT2D eigenvalue weighted by molar-refractivity contribution is -0.282. The average Bonchev–Trinajstić information content (AvgIpc) is 3.64. The first-order valence-corrected chi connectivity index (χ1v) is 21.6. The Hall–Kier alpha value is -11.5. The van der Waals surface area contributed by atoms with Crippen molar-refractivity contribution < 1.29 is 154 Å². The van der Waals surface area contributed by atoms with E-state index in [4.69, 9.17) is 33.2 Å². The number of hydrogen-bond acceptors (Lipinski definition) is 30. The summed E-state index contributed by atoms with van der Waals surface area (Å²) >= 11 is 0. The number of phenolic OH excluding ortho intramolecular Hbond substituents is 17. The fourth-order valence-corrected chi connectivity index (χ4v) is 7.84. The number of benzene rings is 6. The molecule has 5 atom stereocenters. The van der Waals surface area contributed by atoms with Crippen LogP contribution >= 0.6 is 0 Å². The fraction of sp³-hybridized carbons (Fsp3) is 0.125. The van der Waals surface area contributed by atoms with E-state index in [1.165, 1.54) is 0 Å². The minimum Gasteiger partial charge on any atom is -0.504 e. The first-order valence-electron chi connectivity index (χ1n) is 21.6. The van der Waals surface area contributed by atoms with Crippen LogP contribution < -0.4 is 4.74 Å². The molecule has 1 saturated heterocycles. The molecule has 18 N–H and O–H groups in total. The molecule has 0 aliphatic carbocycles. The number of carboxylic acid groups (broad SMARTS) is 1. The molecule has 79 heavy (non-hydrogen) atoms. The lowest BCUT2D eigenvalue weighted by atomic mass is 9.91. The van der Waals surface area contributed by atoms with Gasteiger partial charge < -0.3 is 125 Å². The van der Waals surface area contributed by atoms with Gasteiger partial charge in [-0.1, -0.05) is 0 Å². The first-order chi connectivity index (χ1) is 37.1. The summed E-state index contributed by atoms with van der Waals surface area (Å²) in [5, 5.41) is 188. The molecule has 0 saturated carbocycles. The zero-order valence-electron chi connectivity index (χ0n) is 38.6. The SMILES string of the molecule is O=C(O[C@@H]1O[C@@H]2COC(=O)c3cc(O)c(O)c(O)c3-c3c(cc(Oc4c(C(=O)O)cc(O)c(O)c4O)c(O)c3O)C(=O)O[C@H]2[C@H](OC(=O)c2cc(O)c(O)c(O)c2)[C@H]1OC(=O)c1cc(O)c(O)c(O)c1)c1cc(O)c(O)c(O)c1. The van der Waals surface area contributed by atoms with E-state index in [-0.39, 0.29) is 0 Å². The number of rotatable bonds is 9. The van der Waals surface area contributed by atoms with Crippen molar-refractivity contribution in [1.29, 1.82) is 0 Å². The molecule has 6 aromatic rings. The normalized spacial score (nSPS) is 17.7. The van der Waals surface area contributed by atoms with E-state index >= 15 is 4.79 Å². The van der Waals surface area contributed by atoms with Crippen molar-refractivity contribution >= 4 is 35.8 Å². The lowest BCUT2D eigenvalue weighted by Gasteiger charge is -2.43. The van der Waals surface area contributed by atoms with Crippen LogP contribution in [0.4, 0.5) is 0 Å². The number of carbonyl (C=O) groups is 6. The van der Waals surface area contributed by atoms with E-state index in [1.54, 1.807) is 0 Å². The highest BCUT2D eigenvalue weighted by Crippen LogP contribution is 2.55. The molecule has 0 aromatic heterocycles. The van der Waals surface area contributed by atoms with Crippen molar-refractivity contribution in [3.63, 3.8) is 0 Å². The number of aromatic hydroxyl groups is 17. The van der Waals surface area contributed by atoms with Crippen LogP contribution in [0.15, 0.2) is 54.6 Å². The van der Waals surface area contributed by atoms with Gasteiger partial charge in [0.2, 0.25) is 35.4 Å².